The lowest BCUT2D eigenvalue weighted by Crippen LogP contribution is -2.15. The lowest BCUT2D eigenvalue weighted by atomic mass is 10.0. The molecule has 0 radical (unpaired) electrons. The van der Waals surface area contributed by atoms with Crippen molar-refractivity contribution in [2.24, 2.45) is 0 Å². The molecule has 0 unspecified atom stereocenters. The molecule has 0 aliphatic heterocycles. The van der Waals surface area contributed by atoms with Crippen molar-refractivity contribution < 1.29 is 14.3 Å². The summed E-state index contributed by atoms with van der Waals surface area (Å²) in [6.45, 7) is -0.416. The van der Waals surface area contributed by atoms with Crippen molar-refractivity contribution in [1.82, 2.24) is 0 Å². The van der Waals surface area contributed by atoms with E-state index in [2.05, 4.69) is 0 Å². The van der Waals surface area contributed by atoms with Crippen LogP contribution in [0.2, 0.25) is 0 Å². The quantitative estimate of drug-likeness (QED) is 0.302. The number of Topliss-reactive ketones (excluding diaryl/α,β-unsaturated/α-hetero) is 1. The number of rotatable bonds is 5. The fourth-order valence-corrected chi connectivity index (χ4v) is 2.61. The van der Waals surface area contributed by atoms with Crippen molar-refractivity contribution >= 4 is 28.6 Å². The first-order valence-electron chi connectivity index (χ1n) is 8.04. The highest BCUT2D eigenvalue weighted by Gasteiger charge is 2.15. The van der Waals surface area contributed by atoms with Gasteiger partial charge in [0.15, 0.2) is 6.61 Å². The van der Waals surface area contributed by atoms with Gasteiger partial charge >= 0.3 is 5.97 Å². The topological polar surface area (TPSA) is 67.2 Å². The van der Waals surface area contributed by atoms with E-state index < -0.39 is 12.6 Å². The Morgan fingerprint density at radius 1 is 0.923 bits per heavy atom. The minimum atomic E-state index is -0.815. The second-order valence-corrected chi connectivity index (χ2v) is 5.61. The number of nitrogens with zero attached hydrogens (tertiary/aromatic N) is 1. The number of carbonyl (C=O) groups is 2. The Balaban J connectivity index is 1.73. The molecule has 0 spiro atoms. The number of hydrogen-bond donors (Lipinski definition) is 0. The van der Waals surface area contributed by atoms with Crippen molar-refractivity contribution in [3.8, 4) is 6.07 Å². The summed E-state index contributed by atoms with van der Waals surface area (Å²) < 4.78 is 5.05. The van der Waals surface area contributed by atoms with E-state index in [0.717, 1.165) is 10.8 Å². The Morgan fingerprint density at radius 2 is 1.62 bits per heavy atom. The highest BCUT2D eigenvalue weighted by molar-refractivity contribution is 6.09. The molecule has 4 heteroatoms. The lowest BCUT2D eigenvalue weighted by molar-refractivity contribution is -0.137. The Hall–Kier alpha value is -3.71. The predicted octanol–water partition coefficient (Wildman–Crippen LogP) is 4.17. The molecule has 0 N–H and O–H groups in total. The number of ether oxygens (including phenoxy) is 1. The average molecular weight is 341 g/mol. The highest BCUT2D eigenvalue weighted by Crippen LogP contribution is 2.19. The van der Waals surface area contributed by atoms with Crippen LogP contribution in [0.25, 0.3) is 16.8 Å². The highest BCUT2D eigenvalue weighted by atomic mass is 16.5. The molecule has 3 aromatic carbocycles. The fraction of sp³-hybridized carbons (Fsp3) is 0.0455. The third kappa shape index (κ3) is 3.85. The van der Waals surface area contributed by atoms with E-state index >= 15 is 0 Å². The van der Waals surface area contributed by atoms with Crippen LogP contribution in [0.5, 0.6) is 0 Å². The van der Waals surface area contributed by atoms with Crippen LogP contribution in [0, 0.1) is 11.3 Å². The molecule has 126 valence electrons. The Morgan fingerprint density at radius 3 is 2.38 bits per heavy atom. The Bertz CT molecular complexity index is 1020. The van der Waals surface area contributed by atoms with Gasteiger partial charge in [-0.3, -0.25) is 4.79 Å². The maximum atomic E-state index is 12.5. The van der Waals surface area contributed by atoms with E-state index in [4.69, 9.17) is 4.74 Å². The van der Waals surface area contributed by atoms with Crippen molar-refractivity contribution in [3.63, 3.8) is 0 Å². The maximum Gasteiger partial charge on any atom is 0.349 e. The van der Waals surface area contributed by atoms with Crippen LogP contribution in [0.3, 0.4) is 0 Å². The first-order valence-corrected chi connectivity index (χ1v) is 8.04. The average Bonchev–Trinajstić information content (AvgIpc) is 2.70. The molecule has 0 heterocycles. The van der Waals surface area contributed by atoms with Crippen LogP contribution in [0.4, 0.5) is 0 Å². The SMILES string of the molecule is N#CC(=Cc1ccccc1)C(=O)OCC(=O)c1cccc2ccccc12. The zero-order chi connectivity index (χ0) is 18.4. The van der Waals surface area contributed by atoms with Crippen LogP contribution in [-0.2, 0) is 9.53 Å². The summed E-state index contributed by atoms with van der Waals surface area (Å²) in [5.74, 6) is -1.13. The molecule has 0 aromatic heterocycles. The molecule has 0 bridgehead atoms. The van der Waals surface area contributed by atoms with Gasteiger partial charge in [-0.2, -0.15) is 5.26 Å². The molecule has 0 aliphatic rings. The zero-order valence-corrected chi connectivity index (χ0v) is 13.9. The van der Waals surface area contributed by atoms with E-state index in [9.17, 15) is 14.9 Å². The molecule has 26 heavy (non-hydrogen) atoms. The lowest BCUT2D eigenvalue weighted by Gasteiger charge is -2.07. The second-order valence-electron chi connectivity index (χ2n) is 5.61. The molecule has 3 aromatic rings. The van der Waals surface area contributed by atoms with Crippen molar-refractivity contribution in [1.29, 1.82) is 5.26 Å². The predicted molar refractivity (Wildman–Crippen MR) is 99.3 cm³/mol. The van der Waals surface area contributed by atoms with Crippen LogP contribution in [0.15, 0.2) is 78.4 Å². The van der Waals surface area contributed by atoms with E-state index in [1.165, 1.54) is 6.08 Å². The van der Waals surface area contributed by atoms with E-state index in [1.807, 2.05) is 42.5 Å². The number of ketones is 1. The van der Waals surface area contributed by atoms with E-state index in [0.29, 0.717) is 11.1 Å². The van der Waals surface area contributed by atoms with Gasteiger partial charge in [0.2, 0.25) is 5.78 Å². The monoisotopic (exact) mass is 341 g/mol. The van der Waals surface area contributed by atoms with Crippen LogP contribution < -0.4 is 0 Å². The standard InChI is InChI=1S/C22H15NO3/c23-14-18(13-16-7-2-1-3-8-16)22(25)26-15-21(24)20-12-6-10-17-9-4-5-11-19(17)20/h1-13H,15H2. The van der Waals surface area contributed by atoms with E-state index in [1.54, 1.807) is 36.4 Å². The molecular weight excluding hydrogens is 326 g/mol. The first-order chi connectivity index (χ1) is 12.7. The summed E-state index contributed by atoms with van der Waals surface area (Å²) in [6, 6.07) is 23.7. The third-order valence-electron chi connectivity index (χ3n) is 3.88. The largest absolute Gasteiger partial charge is 0.453 e. The molecule has 3 rings (SSSR count). The van der Waals surface area contributed by atoms with Crippen LogP contribution >= 0.6 is 0 Å². The number of esters is 1. The summed E-state index contributed by atoms with van der Waals surface area (Å²) in [4.78, 5) is 24.6. The number of fused-ring (bicyclic) bond motifs is 1. The third-order valence-corrected chi connectivity index (χ3v) is 3.88. The van der Waals surface area contributed by atoms with E-state index in [-0.39, 0.29) is 11.4 Å². The molecule has 0 amide bonds. The molecular formula is C22H15NO3. The van der Waals surface area contributed by atoms with Gasteiger partial charge in [0.25, 0.3) is 0 Å². The minimum Gasteiger partial charge on any atom is -0.453 e. The number of benzene rings is 3. The van der Waals surface area contributed by atoms with Gasteiger partial charge in [-0.1, -0.05) is 72.8 Å². The van der Waals surface area contributed by atoms with Gasteiger partial charge in [0, 0.05) is 5.56 Å². The van der Waals surface area contributed by atoms with Crippen LogP contribution in [0.1, 0.15) is 15.9 Å². The molecule has 0 saturated carbocycles. The summed E-state index contributed by atoms with van der Waals surface area (Å²) >= 11 is 0. The summed E-state index contributed by atoms with van der Waals surface area (Å²) in [7, 11) is 0. The fourth-order valence-electron chi connectivity index (χ4n) is 2.61. The van der Waals surface area contributed by atoms with Crippen molar-refractivity contribution in [3.05, 3.63) is 89.5 Å². The van der Waals surface area contributed by atoms with Crippen LogP contribution in [-0.4, -0.2) is 18.4 Å². The number of nitriles is 1. The summed E-state index contributed by atoms with van der Waals surface area (Å²) in [6.07, 6.45) is 1.44. The second kappa shape index (κ2) is 7.91. The van der Waals surface area contributed by atoms with Gasteiger partial charge in [0.05, 0.1) is 0 Å². The van der Waals surface area contributed by atoms with Gasteiger partial charge in [-0.15, -0.1) is 0 Å². The molecule has 0 atom stereocenters. The van der Waals surface area contributed by atoms with Gasteiger partial charge in [-0.05, 0) is 22.4 Å². The Labute approximate surface area is 150 Å². The summed E-state index contributed by atoms with van der Waals surface area (Å²) in [5.41, 5.74) is 1.05. The van der Waals surface area contributed by atoms with Gasteiger partial charge < -0.3 is 4.74 Å². The normalized spacial score (nSPS) is 11.0. The molecule has 0 aliphatic carbocycles. The van der Waals surface area contributed by atoms with Crippen molar-refractivity contribution in [2.75, 3.05) is 6.61 Å². The maximum absolute atomic E-state index is 12.5. The summed E-state index contributed by atoms with van der Waals surface area (Å²) in [5, 5.41) is 10.9. The number of carbonyl (C=O) groups excluding carboxylic acids is 2. The Kier molecular flexibility index (Phi) is 5.21. The molecule has 0 saturated heterocycles. The van der Waals surface area contributed by atoms with Gasteiger partial charge in [-0.25, -0.2) is 4.79 Å². The molecule has 4 nitrogen and oxygen atoms in total. The number of hydrogen-bond acceptors (Lipinski definition) is 4. The zero-order valence-electron chi connectivity index (χ0n) is 13.9. The molecule has 0 fully saturated rings. The minimum absolute atomic E-state index is 0.151. The van der Waals surface area contributed by atoms with Crippen molar-refractivity contribution in [2.45, 2.75) is 0 Å². The smallest absolute Gasteiger partial charge is 0.349 e. The van der Waals surface area contributed by atoms with Gasteiger partial charge in [0.1, 0.15) is 11.6 Å². The first kappa shape index (κ1) is 17.1.